The van der Waals surface area contributed by atoms with Crippen molar-refractivity contribution in [1.29, 1.82) is 0 Å². The molecular formula is C14H12ClN3S. The third-order valence-electron chi connectivity index (χ3n) is 2.89. The number of thiophene rings is 1. The van der Waals surface area contributed by atoms with Crippen LogP contribution in [0, 0.1) is 0 Å². The first-order chi connectivity index (χ1) is 9.24. The summed E-state index contributed by atoms with van der Waals surface area (Å²) in [5.41, 5.74) is 0.871. The molecule has 0 atom stereocenters. The molecule has 0 amide bonds. The Morgan fingerprint density at radius 3 is 2.79 bits per heavy atom. The minimum atomic E-state index is 0.284. The lowest BCUT2D eigenvalue weighted by atomic mass is 10.2. The Hall–Kier alpha value is -1.65. The fourth-order valence-electron chi connectivity index (χ4n) is 2.03. The highest BCUT2D eigenvalue weighted by molar-refractivity contribution is 7.09. The zero-order chi connectivity index (χ0) is 13.2. The summed E-state index contributed by atoms with van der Waals surface area (Å²) >= 11 is 7.74. The molecule has 0 bridgehead atoms. The van der Waals surface area contributed by atoms with Gasteiger partial charge in [0.1, 0.15) is 5.82 Å². The average Bonchev–Trinajstić information content (AvgIpc) is 2.90. The van der Waals surface area contributed by atoms with E-state index in [-0.39, 0.29) is 5.28 Å². The number of rotatable bonds is 3. The Labute approximate surface area is 120 Å². The van der Waals surface area contributed by atoms with Gasteiger partial charge in [-0.1, -0.05) is 18.2 Å². The van der Waals surface area contributed by atoms with Crippen molar-refractivity contribution < 1.29 is 0 Å². The molecule has 0 N–H and O–H groups in total. The van der Waals surface area contributed by atoms with Gasteiger partial charge in [0.25, 0.3) is 0 Å². The minimum Gasteiger partial charge on any atom is -0.354 e. The van der Waals surface area contributed by atoms with Crippen LogP contribution in [0.25, 0.3) is 10.9 Å². The monoisotopic (exact) mass is 289 g/mol. The van der Waals surface area contributed by atoms with Crippen molar-refractivity contribution in [2.75, 3.05) is 11.9 Å². The van der Waals surface area contributed by atoms with E-state index in [0.29, 0.717) is 0 Å². The summed E-state index contributed by atoms with van der Waals surface area (Å²) in [6.07, 6.45) is 0. The summed E-state index contributed by atoms with van der Waals surface area (Å²) in [7, 11) is 2.02. The summed E-state index contributed by atoms with van der Waals surface area (Å²) in [6.45, 7) is 0.814. The van der Waals surface area contributed by atoms with Crippen LogP contribution in [0.2, 0.25) is 5.28 Å². The van der Waals surface area contributed by atoms with Gasteiger partial charge < -0.3 is 4.90 Å². The van der Waals surface area contributed by atoms with Gasteiger partial charge in [-0.3, -0.25) is 0 Å². The molecule has 3 rings (SSSR count). The Bertz CT molecular complexity index is 697. The van der Waals surface area contributed by atoms with Crippen LogP contribution in [0.15, 0.2) is 41.8 Å². The normalized spacial score (nSPS) is 10.8. The van der Waals surface area contributed by atoms with Crippen LogP contribution in [0.1, 0.15) is 4.88 Å². The van der Waals surface area contributed by atoms with Crippen molar-refractivity contribution >= 4 is 39.7 Å². The highest BCUT2D eigenvalue weighted by Gasteiger charge is 2.11. The zero-order valence-electron chi connectivity index (χ0n) is 10.4. The van der Waals surface area contributed by atoms with Crippen molar-refractivity contribution in [3.05, 3.63) is 51.9 Å². The number of benzene rings is 1. The summed E-state index contributed by atoms with van der Waals surface area (Å²) in [4.78, 5) is 12.0. The molecule has 0 aliphatic carbocycles. The number of aromatic nitrogens is 2. The van der Waals surface area contributed by atoms with Gasteiger partial charge >= 0.3 is 0 Å². The van der Waals surface area contributed by atoms with E-state index in [4.69, 9.17) is 11.6 Å². The van der Waals surface area contributed by atoms with Crippen LogP contribution < -0.4 is 4.90 Å². The highest BCUT2D eigenvalue weighted by Crippen LogP contribution is 2.26. The molecule has 96 valence electrons. The fourth-order valence-corrected chi connectivity index (χ4v) is 2.96. The molecule has 1 aromatic carbocycles. The van der Waals surface area contributed by atoms with Crippen LogP contribution in [0.5, 0.6) is 0 Å². The number of fused-ring (bicyclic) bond motifs is 1. The lowest BCUT2D eigenvalue weighted by molar-refractivity contribution is 0.915. The van der Waals surface area contributed by atoms with Gasteiger partial charge in [-0.2, -0.15) is 4.98 Å². The molecular weight excluding hydrogens is 278 g/mol. The maximum Gasteiger partial charge on any atom is 0.224 e. The lowest BCUT2D eigenvalue weighted by Crippen LogP contribution is -2.17. The van der Waals surface area contributed by atoms with Crippen LogP contribution >= 0.6 is 22.9 Å². The Balaban J connectivity index is 2.03. The molecule has 0 fully saturated rings. The standard InChI is InChI=1S/C14H12ClN3S/c1-18(9-10-5-4-8-19-10)13-11-6-2-3-7-12(11)16-14(15)17-13/h2-8H,9H2,1H3. The first-order valence-electron chi connectivity index (χ1n) is 5.90. The molecule has 0 aliphatic rings. The van der Waals surface area contributed by atoms with E-state index in [9.17, 15) is 0 Å². The summed E-state index contributed by atoms with van der Waals surface area (Å²) < 4.78 is 0. The Morgan fingerprint density at radius 2 is 2.00 bits per heavy atom. The summed E-state index contributed by atoms with van der Waals surface area (Å²) in [5.74, 6) is 0.865. The van der Waals surface area contributed by atoms with E-state index in [0.717, 1.165) is 23.3 Å². The SMILES string of the molecule is CN(Cc1cccs1)c1nc(Cl)nc2ccccc12. The van der Waals surface area contributed by atoms with Gasteiger partial charge in [0, 0.05) is 17.3 Å². The maximum absolute atomic E-state index is 6.00. The summed E-state index contributed by atoms with van der Waals surface area (Å²) in [6, 6.07) is 12.1. The van der Waals surface area contributed by atoms with E-state index in [1.54, 1.807) is 11.3 Å². The number of halogens is 1. The molecule has 2 aromatic heterocycles. The first-order valence-corrected chi connectivity index (χ1v) is 7.15. The molecule has 0 saturated heterocycles. The van der Waals surface area contributed by atoms with Crippen LogP contribution in [-0.2, 0) is 6.54 Å². The van der Waals surface area contributed by atoms with Gasteiger partial charge in [-0.05, 0) is 35.2 Å². The molecule has 0 radical (unpaired) electrons. The van der Waals surface area contributed by atoms with Gasteiger partial charge in [0.2, 0.25) is 5.28 Å². The Morgan fingerprint density at radius 1 is 1.16 bits per heavy atom. The van der Waals surface area contributed by atoms with Crippen molar-refractivity contribution in [3.63, 3.8) is 0 Å². The first kappa shape index (κ1) is 12.4. The molecule has 0 saturated carbocycles. The molecule has 3 nitrogen and oxygen atoms in total. The van der Waals surface area contributed by atoms with E-state index >= 15 is 0 Å². The zero-order valence-corrected chi connectivity index (χ0v) is 11.9. The van der Waals surface area contributed by atoms with E-state index in [1.165, 1.54) is 4.88 Å². The quantitative estimate of drug-likeness (QED) is 0.683. The molecule has 0 spiro atoms. The van der Waals surface area contributed by atoms with Gasteiger partial charge in [0.05, 0.1) is 12.1 Å². The van der Waals surface area contributed by atoms with Crippen molar-refractivity contribution in [1.82, 2.24) is 9.97 Å². The summed E-state index contributed by atoms with van der Waals surface area (Å²) in [5, 5.41) is 3.38. The number of anilines is 1. The second-order valence-corrected chi connectivity index (χ2v) is 5.64. The van der Waals surface area contributed by atoms with E-state index in [2.05, 4.69) is 32.4 Å². The van der Waals surface area contributed by atoms with Gasteiger partial charge in [-0.25, -0.2) is 4.98 Å². The van der Waals surface area contributed by atoms with Gasteiger partial charge in [0.15, 0.2) is 0 Å². The van der Waals surface area contributed by atoms with E-state index in [1.807, 2.05) is 31.3 Å². The molecule has 0 aliphatic heterocycles. The number of para-hydroxylation sites is 1. The van der Waals surface area contributed by atoms with Crippen LogP contribution in [0.4, 0.5) is 5.82 Å². The lowest BCUT2D eigenvalue weighted by Gasteiger charge is -2.19. The predicted octanol–water partition coefficient (Wildman–Crippen LogP) is 3.98. The number of hydrogen-bond acceptors (Lipinski definition) is 4. The molecule has 5 heteroatoms. The van der Waals surface area contributed by atoms with Crippen LogP contribution in [0.3, 0.4) is 0 Å². The average molecular weight is 290 g/mol. The predicted molar refractivity (Wildman–Crippen MR) is 81.0 cm³/mol. The highest BCUT2D eigenvalue weighted by atomic mass is 35.5. The fraction of sp³-hybridized carbons (Fsp3) is 0.143. The van der Waals surface area contributed by atoms with Crippen LogP contribution in [-0.4, -0.2) is 17.0 Å². The van der Waals surface area contributed by atoms with Crippen molar-refractivity contribution in [3.8, 4) is 0 Å². The maximum atomic E-state index is 6.00. The molecule has 2 heterocycles. The molecule has 3 aromatic rings. The smallest absolute Gasteiger partial charge is 0.224 e. The third kappa shape index (κ3) is 2.55. The Kier molecular flexibility index (Phi) is 3.36. The van der Waals surface area contributed by atoms with E-state index < -0.39 is 0 Å². The third-order valence-corrected chi connectivity index (χ3v) is 3.92. The second-order valence-electron chi connectivity index (χ2n) is 4.27. The second kappa shape index (κ2) is 5.15. The number of hydrogen-bond donors (Lipinski definition) is 0. The van der Waals surface area contributed by atoms with Crippen molar-refractivity contribution in [2.45, 2.75) is 6.54 Å². The molecule has 0 unspecified atom stereocenters. The minimum absolute atomic E-state index is 0.284. The largest absolute Gasteiger partial charge is 0.354 e. The molecule has 19 heavy (non-hydrogen) atoms. The number of nitrogens with zero attached hydrogens (tertiary/aromatic N) is 3. The topological polar surface area (TPSA) is 29.0 Å². The van der Waals surface area contributed by atoms with Gasteiger partial charge in [-0.15, -0.1) is 11.3 Å². The van der Waals surface area contributed by atoms with Crippen molar-refractivity contribution in [2.24, 2.45) is 0 Å².